The van der Waals surface area contributed by atoms with E-state index < -0.39 is 0 Å². The number of piperidine rings is 1. The summed E-state index contributed by atoms with van der Waals surface area (Å²) in [4.78, 5) is 21.5. The molecule has 0 aliphatic carbocycles. The minimum atomic E-state index is -0.361. The van der Waals surface area contributed by atoms with E-state index in [4.69, 9.17) is 0 Å². The van der Waals surface area contributed by atoms with Crippen LogP contribution in [0.4, 0.5) is 5.69 Å². The monoisotopic (exact) mass is 263 g/mol. The first-order valence-corrected chi connectivity index (χ1v) is 6.31. The molecule has 0 bridgehead atoms. The minimum Gasteiger partial charge on any atom is -0.355 e. The van der Waals surface area contributed by atoms with Gasteiger partial charge in [0.05, 0.1) is 4.92 Å². The van der Waals surface area contributed by atoms with E-state index >= 15 is 0 Å². The third-order valence-electron chi connectivity index (χ3n) is 3.46. The van der Waals surface area contributed by atoms with Gasteiger partial charge in [0.15, 0.2) is 0 Å². The van der Waals surface area contributed by atoms with Gasteiger partial charge in [-0.1, -0.05) is 12.1 Å². The van der Waals surface area contributed by atoms with Crippen molar-refractivity contribution in [2.75, 3.05) is 6.54 Å². The topological polar surface area (TPSA) is 84.3 Å². The van der Waals surface area contributed by atoms with Crippen LogP contribution in [0.2, 0.25) is 0 Å². The number of nitrogens with one attached hydrogen (secondary N) is 2. The van der Waals surface area contributed by atoms with Crippen molar-refractivity contribution in [3.8, 4) is 0 Å². The number of hydrogen-bond donors (Lipinski definition) is 2. The van der Waals surface area contributed by atoms with Gasteiger partial charge in [-0.3, -0.25) is 14.9 Å². The summed E-state index contributed by atoms with van der Waals surface area (Å²) in [6.45, 7) is 2.96. The molecule has 1 aromatic rings. The van der Waals surface area contributed by atoms with Gasteiger partial charge in [-0.25, -0.2) is 0 Å². The van der Waals surface area contributed by atoms with Crippen LogP contribution < -0.4 is 10.6 Å². The molecule has 1 aromatic carbocycles. The number of rotatable bonds is 4. The summed E-state index contributed by atoms with van der Waals surface area (Å²) in [5.41, 5.74) is 1.77. The van der Waals surface area contributed by atoms with Crippen molar-refractivity contribution in [2.24, 2.45) is 0 Å². The molecular weight excluding hydrogens is 246 g/mol. The van der Waals surface area contributed by atoms with E-state index in [-0.39, 0.29) is 22.6 Å². The SMILES string of the molecule is Cc1c(CNC2CCC(=O)NC2)cccc1[N+](=O)[O-]. The van der Waals surface area contributed by atoms with E-state index in [1.54, 1.807) is 13.0 Å². The van der Waals surface area contributed by atoms with Gasteiger partial charge in [-0.05, 0) is 18.9 Å². The standard InChI is InChI=1S/C13H17N3O3/c1-9-10(3-2-4-12(9)16(18)19)7-14-11-5-6-13(17)15-8-11/h2-4,11,14H,5-8H2,1H3,(H,15,17). The Balaban J connectivity index is 1.98. The molecule has 0 radical (unpaired) electrons. The summed E-state index contributed by atoms with van der Waals surface area (Å²) < 4.78 is 0. The number of carbonyl (C=O) groups is 1. The zero-order valence-electron chi connectivity index (χ0n) is 10.8. The van der Waals surface area contributed by atoms with Gasteiger partial charge < -0.3 is 10.6 Å². The third-order valence-corrected chi connectivity index (χ3v) is 3.46. The Morgan fingerprint density at radius 1 is 1.53 bits per heavy atom. The number of amides is 1. The van der Waals surface area contributed by atoms with Crippen molar-refractivity contribution >= 4 is 11.6 Å². The van der Waals surface area contributed by atoms with Crippen LogP contribution in [0.15, 0.2) is 18.2 Å². The Morgan fingerprint density at radius 2 is 2.32 bits per heavy atom. The van der Waals surface area contributed by atoms with Crippen molar-refractivity contribution in [3.63, 3.8) is 0 Å². The summed E-state index contributed by atoms with van der Waals surface area (Å²) in [6.07, 6.45) is 1.34. The Hall–Kier alpha value is -1.95. The molecule has 102 valence electrons. The van der Waals surface area contributed by atoms with Crippen LogP contribution in [0.25, 0.3) is 0 Å². The van der Waals surface area contributed by atoms with Crippen LogP contribution in [0, 0.1) is 17.0 Å². The molecule has 6 heteroatoms. The molecule has 1 atom stereocenters. The van der Waals surface area contributed by atoms with Gasteiger partial charge in [0, 0.05) is 37.2 Å². The molecule has 1 aliphatic heterocycles. The van der Waals surface area contributed by atoms with Crippen LogP contribution in [-0.2, 0) is 11.3 Å². The molecule has 0 saturated carbocycles. The first-order chi connectivity index (χ1) is 9.08. The number of carbonyl (C=O) groups excluding carboxylic acids is 1. The van der Waals surface area contributed by atoms with Crippen molar-refractivity contribution < 1.29 is 9.72 Å². The van der Waals surface area contributed by atoms with Crippen molar-refractivity contribution in [1.29, 1.82) is 0 Å². The highest BCUT2D eigenvalue weighted by atomic mass is 16.6. The summed E-state index contributed by atoms with van der Waals surface area (Å²) in [5, 5.41) is 17.0. The molecule has 2 rings (SSSR count). The molecular formula is C13H17N3O3. The molecule has 1 fully saturated rings. The highest BCUT2D eigenvalue weighted by Crippen LogP contribution is 2.21. The van der Waals surface area contributed by atoms with Crippen molar-refractivity contribution in [3.05, 3.63) is 39.4 Å². The summed E-state index contributed by atoms with van der Waals surface area (Å²) in [6, 6.07) is 5.33. The van der Waals surface area contributed by atoms with E-state index in [2.05, 4.69) is 10.6 Å². The van der Waals surface area contributed by atoms with E-state index in [0.717, 1.165) is 12.0 Å². The third kappa shape index (κ3) is 3.29. The fourth-order valence-corrected chi connectivity index (χ4v) is 2.22. The second kappa shape index (κ2) is 5.79. The first kappa shape index (κ1) is 13.5. The predicted octanol–water partition coefficient (Wildman–Crippen LogP) is 1.27. The molecule has 1 unspecified atom stereocenters. The maximum absolute atomic E-state index is 11.0. The molecule has 19 heavy (non-hydrogen) atoms. The largest absolute Gasteiger partial charge is 0.355 e. The highest BCUT2D eigenvalue weighted by Gasteiger charge is 2.18. The molecule has 0 spiro atoms. The van der Waals surface area contributed by atoms with Gasteiger partial charge in [-0.15, -0.1) is 0 Å². The average molecular weight is 263 g/mol. The van der Waals surface area contributed by atoms with Crippen LogP contribution in [0.5, 0.6) is 0 Å². The van der Waals surface area contributed by atoms with E-state index in [1.807, 2.05) is 6.07 Å². The van der Waals surface area contributed by atoms with Gasteiger partial charge in [0.25, 0.3) is 5.69 Å². The molecule has 0 aromatic heterocycles. The number of nitrogens with zero attached hydrogens (tertiary/aromatic N) is 1. The van der Waals surface area contributed by atoms with Crippen molar-refractivity contribution in [2.45, 2.75) is 32.4 Å². The predicted molar refractivity (Wildman–Crippen MR) is 70.7 cm³/mol. The number of hydrogen-bond acceptors (Lipinski definition) is 4. The molecule has 1 amide bonds. The Bertz CT molecular complexity index is 492. The maximum atomic E-state index is 11.0. The Morgan fingerprint density at radius 3 is 2.95 bits per heavy atom. The van der Waals surface area contributed by atoms with Crippen LogP contribution >= 0.6 is 0 Å². The summed E-state index contributed by atoms with van der Waals surface area (Å²) in [7, 11) is 0. The number of nitro groups is 1. The Labute approximate surface area is 111 Å². The zero-order valence-corrected chi connectivity index (χ0v) is 10.8. The molecule has 6 nitrogen and oxygen atoms in total. The lowest BCUT2D eigenvalue weighted by atomic mass is 10.0. The number of nitro benzene ring substituents is 1. The smallest absolute Gasteiger partial charge is 0.272 e. The molecule has 1 aliphatic rings. The van der Waals surface area contributed by atoms with Gasteiger partial charge >= 0.3 is 0 Å². The molecule has 2 N–H and O–H groups in total. The number of benzene rings is 1. The quantitative estimate of drug-likeness (QED) is 0.633. The zero-order chi connectivity index (χ0) is 13.8. The fraction of sp³-hybridized carbons (Fsp3) is 0.462. The van der Waals surface area contributed by atoms with Gasteiger partial charge in [0.2, 0.25) is 5.91 Å². The maximum Gasteiger partial charge on any atom is 0.272 e. The van der Waals surface area contributed by atoms with Gasteiger partial charge in [-0.2, -0.15) is 0 Å². The summed E-state index contributed by atoms with van der Waals surface area (Å²) >= 11 is 0. The second-order valence-electron chi connectivity index (χ2n) is 4.74. The van der Waals surface area contributed by atoms with Gasteiger partial charge in [0.1, 0.15) is 0 Å². The van der Waals surface area contributed by atoms with Crippen LogP contribution in [0.1, 0.15) is 24.0 Å². The van der Waals surface area contributed by atoms with Crippen molar-refractivity contribution in [1.82, 2.24) is 10.6 Å². The first-order valence-electron chi connectivity index (χ1n) is 6.31. The normalized spacial score (nSPS) is 19.0. The van der Waals surface area contributed by atoms with E-state index in [9.17, 15) is 14.9 Å². The fourth-order valence-electron chi connectivity index (χ4n) is 2.22. The minimum absolute atomic E-state index is 0.0876. The average Bonchev–Trinajstić information content (AvgIpc) is 2.39. The van der Waals surface area contributed by atoms with E-state index in [1.165, 1.54) is 6.07 Å². The molecule has 1 saturated heterocycles. The van der Waals surface area contributed by atoms with Crippen LogP contribution in [-0.4, -0.2) is 23.4 Å². The lowest BCUT2D eigenvalue weighted by Crippen LogP contribution is -2.45. The highest BCUT2D eigenvalue weighted by molar-refractivity contribution is 5.76. The molecule has 1 heterocycles. The lowest BCUT2D eigenvalue weighted by Gasteiger charge is -2.23. The lowest BCUT2D eigenvalue weighted by molar-refractivity contribution is -0.385. The summed E-state index contributed by atoms with van der Waals surface area (Å²) in [5.74, 6) is 0.0876. The Kier molecular flexibility index (Phi) is 4.11. The van der Waals surface area contributed by atoms with E-state index in [0.29, 0.717) is 25.1 Å². The second-order valence-corrected chi connectivity index (χ2v) is 4.74. The van der Waals surface area contributed by atoms with Crippen LogP contribution in [0.3, 0.4) is 0 Å².